The summed E-state index contributed by atoms with van der Waals surface area (Å²) in [5.41, 5.74) is 1.15. The number of fused-ring (bicyclic) bond motifs is 2. The van der Waals surface area contributed by atoms with Crippen molar-refractivity contribution in [1.29, 1.82) is 0 Å². The van der Waals surface area contributed by atoms with Crippen molar-refractivity contribution < 1.29 is 19.7 Å². The summed E-state index contributed by atoms with van der Waals surface area (Å²) >= 11 is 7.30. The van der Waals surface area contributed by atoms with Gasteiger partial charge in [-0.1, -0.05) is 64.5 Å². The van der Waals surface area contributed by atoms with Gasteiger partial charge < -0.3 is 19.7 Å². The number of rotatable bonds is 13. The van der Waals surface area contributed by atoms with Crippen LogP contribution in [0.25, 0.3) is 32.7 Å². The smallest absolute Gasteiger partial charge is 0.134 e. The number of benzene rings is 4. The summed E-state index contributed by atoms with van der Waals surface area (Å²) in [5.74, 6) is 1.64. The second kappa shape index (κ2) is 13.6. The van der Waals surface area contributed by atoms with Crippen LogP contribution in [-0.4, -0.2) is 23.4 Å². The molecule has 0 heterocycles. The standard InChI is InChI=1S/C32H36Br2O4/c1-3-5-7-9-15-37-29-19-23-21(17-25(29)33)11-13-27(35)31(23)32-24-20-30(38-16-10-8-6-4-2)26(34)18-22(24)12-14-28(32)36/h11-14,17-20,35-36H,3-10,15-16H2,1-2H3. The number of halogens is 2. The van der Waals surface area contributed by atoms with E-state index in [1.54, 1.807) is 12.1 Å². The van der Waals surface area contributed by atoms with Gasteiger partial charge in [-0.05, 0) is 103 Å². The van der Waals surface area contributed by atoms with E-state index >= 15 is 0 Å². The summed E-state index contributed by atoms with van der Waals surface area (Å²) in [6.45, 7) is 5.65. The normalized spacial score (nSPS) is 11.4. The molecule has 0 saturated carbocycles. The van der Waals surface area contributed by atoms with Crippen molar-refractivity contribution in [2.45, 2.75) is 65.2 Å². The lowest BCUT2D eigenvalue weighted by Crippen LogP contribution is -1.99. The van der Waals surface area contributed by atoms with E-state index in [1.807, 2.05) is 36.4 Å². The largest absolute Gasteiger partial charge is 0.507 e. The first-order chi connectivity index (χ1) is 18.4. The topological polar surface area (TPSA) is 58.9 Å². The van der Waals surface area contributed by atoms with Crippen LogP contribution in [0.15, 0.2) is 57.5 Å². The number of hydrogen-bond donors (Lipinski definition) is 2. The summed E-state index contributed by atoms with van der Waals surface area (Å²) in [5, 5.41) is 25.7. The molecule has 0 amide bonds. The molecule has 0 aliphatic heterocycles. The number of phenols is 2. The fourth-order valence-electron chi connectivity index (χ4n) is 4.80. The minimum atomic E-state index is 0.0986. The van der Waals surface area contributed by atoms with E-state index in [0.29, 0.717) is 24.3 Å². The number of unbranched alkanes of at least 4 members (excludes halogenated alkanes) is 6. The maximum absolute atomic E-state index is 11.1. The molecule has 38 heavy (non-hydrogen) atoms. The van der Waals surface area contributed by atoms with Gasteiger partial charge in [0.25, 0.3) is 0 Å². The Morgan fingerprint density at radius 2 is 1.00 bits per heavy atom. The first kappa shape index (κ1) is 28.6. The average molecular weight is 644 g/mol. The Bertz CT molecular complexity index is 1290. The summed E-state index contributed by atoms with van der Waals surface area (Å²) in [6.07, 6.45) is 9.00. The molecule has 0 bridgehead atoms. The number of ether oxygens (including phenoxy) is 2. The third-order valence-corrected chi connectivity index (χ3v) is 8.10. The van der Waals surface area contributed by atoms with E-state index in [0.717, 1.165) is 67.7 Å². The maximum Gasteiger partial charge on any atom is 0.134 e. The van der Waals surface area contributed by atoms with Gasteiger partial charge in [0, 0.05) is 11.1 Å². The molecule has 4 nitrogen and oxygen atoms in total. The zero-order chi connectivity index (χ0) is 27.1. The second-order valence-electron chi connectivity index (χ2n) is 9.75. The van der Waals surface area contributed by atoms with Gasteiger partial charge in [-0.3, -0.25) is 0 Å². The Balaban J connectivity index is 1.78. The summed E-state index contributed by atoms with van der Waals surface area (Å²) in [4.78, 5) is 0. The quantitative estimate of drug-likeness (QED) is 0.142. The molecule has 0 saturated heterocycles. The molecule has 202 valence electrons. The van der Waals surface area contributed by atoms with Crippen molar-refractivity contribution in [1.82, 2.24) is 0 Å². The Kier molecular flexibility index (Phi) is 10.2. The molecule has 0 aliphatic rings. The number of aromatic hydroxyl groups is 2. The van der Waals surface area contributed by atoms with E-state index in [-0.39, 0.29) is 11.5 Å². The summed E-state index contributed by atoms with van der Waals surface area (Å²) in [6, 6.07) is 15.0. The van der Waals surface area contributed by atoms with Crippen molar-refractivity contribution in [3.05, 3.63) is 57.5 Å². The van der Waals surface area contributed by atoms with E-state index < -0.39 is 0 Å². The molecule has 0 unspecified atom stereocenters. The lowest BCUT2D eigenvalue weighted by Gasteiger charge is -2.17. The van der Waals surface area contributed by atoms with Gasteiger partial charge >= 0.3 is 0 Å². The molecular formula is C32H36Br2O4. The highest BCUT2D eigenvalue weighted by molar-refractivity contribution is 9.11. The van der Waals surface area contributed by atoms with Gasteiger partial charge in [-0.2, -0.15) is 0 Å². The zero-order valence-electron chi connectivity index (χ0n) is 22.2. The van der Waals surface area contributed by atoms with Crippen molar-refractivity contribution >= 4 is 53.4 Å². The van der Waals surface area contributed by atoms with Gasteiger partial charge in [0.2, 0.25) is 0 Å². The molecule has 0 aliphatic carbocycles. The van der Waals surface area contributed by atoms with E-state index in [4.69, 9.17) is 9.47 Å². The highest BCUT2D eigenvalue weighted by Crippen LogP contribution is 2.47. The van der Waals surface area contributed by atoms with Gasteiger partial charge in [0.1, 0.15) is 23.0 Å². The van der Waals surface area contributed by atoms with Crippen LogP contribution in [0.3, 0.4) is 0 Å². The molecule has 4 aromatic carbocycles. The molecule has 2 N–H and O–H groups in total. The van der Waals surface area contributed by atoms with Crippen molar-refractivity contribution in [2.75, 3.05) is 13.2 Å². The van der Waals surface area contributed by atoms with Crippen LogP contribution in [0.1, 0.15) is 65.2 Å². The predicted molar refractivity (Wildman–Crippen MR) is 165 cm³/mol. The van der Waals surface area contributed by atoms with Crippen LogP contribution in [-0.2, 0) is 0 Å². The number of hydrogen-bond acceptors (Lipinski definition) is 4. The van der Waals surface area contributed by atoms with Crippen LogP contribution in [0.4, 0.5) is 0 Å². The predicted octanol–water partition coefficient (Wildman–Crippen LogP) is 10.5. The monoisotopic (exact) mass is 642 g/mol. The van der Waals surface area contributed by atoms with Gasteiger partial charge in [0.05, 0.1) is 22.2 Å². The fraction of sp³-hybridized carbons (Fsp3) is 0.375. The van der Waals surface area contributed by atoms with Gasteiger partial charge in [-0.25, -0.2) is 0 Å². The maximum atomic E-state index is 11.1. The van der Waals surface area contributed by atoms with Crippen LogP contribution < -0.4 is 9.47 Å². The summed E-state index contributed by atoms with van der Waals surface area (Å²) < 4.78 is 14.0. The van der Waals surface area contributed by atoms with Crippen LogP contribution in [0.2, 0.25) is 0 Å². The molecule has 0 atom stereocenters. The van der Waals surface area contributed by atoms with Crippen molar-refractivity contribution in [3.8, 4) is 34.1 Å². The van der Waals surface area contributed by atoms with Crippen molar-refractivity contribution in [2.24, 2.45) is 0 Å². The highest BCUT2D eigenvalue weighted by atomic mass is 79.9. The van der Waals surface area contributed by atoms with Gasteiger partial charge in [-0.15, -0.1) is 0 Å². The first-order valence-corrected chi connectivity index (χ1v) is 15.2. The zero-order valence-corrected chi connectivity index (χ0v) is 25.3. The molecule has 0 fully saturated rings. The minimum absolute atomic E-state index is 0.0986. The third-order valence-electron chi connectivity index (χ3n) is 6.86. The van der Waals surface area contributed by atoms with Crippen molar-refractivity contribution in [3.63, 3.8) is 0 Å². The lowest BCUT2D eigenvalue weighted by atomic mass is 9.92. The highest BCUT2D eigenvalue weighted by Gasteiger charge is 2.20. The third kappa shape index (κ3) is 6.58. The van der Waals surface area contributed by atoms with E-state index in [1.165, 1.54) is 25.7 Å². The molecule has 0 spiro atoms. The Hall–Kier alpha value is -2.44. The van der Waals surface area contributed by atoms with E-state index in [2.05, 4.69) is 45.7 Å². The Morgan fingerprint density at radius 1 is 0.579 bits per heavy atom. The fourth-order valence-corrected chi connectivity index (χ4v) is 5.75. The van der Waals surface area contributed by atoms with Crippen LogP contribution in [0.5, 0.6) is 23.0 Å². The van der Waals surface area contributed by atoms with Gasteiger partial charge in [0.15, 0.2) is 0 Å². The van der Waals surface area contributed by atoms with Crippen LogP contribution >= 0.6 is 31.9 Å². The Labute approximate surface area is 242 Å². The second-order valence-corrected chi connectivity index (χ2v) is 11.5. The van der Waals surface area contributed by atoms with Crippen LogP contribution in [0, 0.1) is 0 Å². The number of phenolic OH excluding ortho intramolecular Hbond substituents is 2. The molecule has 4 rings (SSSR count). The summed E-state index contributed by atoms with van der Waals surface area (Å²) in [7, 11) is 0. The molecule has 0 radical (unpaired) electrons. The molecular weight excluding hydrogens is 608 g/mol. The minimum Gasteiger partial charge on any atom is -0.507 e. The molecule has 0 aromatic heterocycles. The van der Waals surface area contributed by atoms with E-state index in [9.17, 15) is 10.2 Å². The molecule has 6 heteroatoms. The average Bonchev–Trinajstić information content (AvgIpc) is 2.90. The SMILES string of the molecule is CCCCCCOc1cc2c(-c3c(O)ccc4cc(Br)c(OCCCCCC)cc34)c(O)ccc2cc1Br. The first-order valence-electron chi connectivity index (χ1n) is 13.6. The lowest BCUT2D eigenvalue weighted by molar-refractivity contribution is 0.303. The Morgan fingerprint density at radius 3 is 1.39 bits per heavy atom. The molecule has 4 aromatic rings.